The fraction of sp³-hybridized carbons (Fsp3) is 0.500. The van der Waals surface area contributed by atoms with Crippen molar-refractivity contribution in [2.75, 3.05) is 19.7 Å². The first kappa shape index (κ1) is 18.4. The third kappa shape index (κ3) is 3.06. The first-order valence-electron chi connectivity index (χ1n) is 9.88. The second-order valence-electron chi connectivity index (χ2n) is 8.21. The van der Waals surface area contributed by atoms with Crippen LogP contribution >= 0.6 is 0 Å². The lowest BCUT2D eigenvalue weighted by Crippen LogP contribution is -2.54. The van der Waals surface area contributed by atoms with Crippen molar-refractivity contribution in [2.45, 2.75) is 43.5 Å². The fourth-order valence-corrected chi connectivity index (χ4v) is 4.68. The molecule has 4 aliphatic heterocycles. The second kappa shape index (κ2) is 6.72. The van der Waals surface area contributed by atoms with Crippen molar-refractivity contribution in [3.8, 4) is 0 Å². The number of amides is 4. The average molecular weight is 398 g/mol. The van der Waals surface area contributed by atoms with E-state index in [0.717, 1.165) is 30.0 Å². The summed E-state index contributed by atoms with van der Waals surface area (Å²) in [7, 11) is 0. The topological polar surface area (TPSA) is 117 Å². The van der Waals surface area contributed by atoms with Crippen molar-refractivity contribution in [1.29, 1.82) is 0 Å². The van der Waals surface area contributed by atoms with Gasteiger partial charge in [0.05, 0.1) is 23.3 Å². The molecule has 3 fully saturated rings. The lowest BCUT2D eigenvalue weighted by Gasteiger charge is -2.27. The number of hydrogen-bond donors (Lipinski definition) is 3. The molecule has 29 heavy (non-hydrogen) atoms. The monoisotopic (exact) mass is 398 g/mol. The van der Waals surface area contributed by atoms with E-state index in [2.05, 4.69) is 16.0 Å². The maximum Gasteiger partial charge on any atom is 0.262 e. The number of imide groups is 2. The van der Waals surface area contributed by atoms with Gasteiger partial charge >= 0.3 is 0 Å². The Kier molecular flexibility index (Phi) is 4.27. The molecular formula is C20H22N4O5. The Labute approximate surface area is 167 Å². The fourth-order valence-electron chi connectivity index (χ4n) is 4.68. The number of ether oxygens (including phenoxy) is 1. The summed E-state index contributed by atoms with van der Waals surface area (Å²) >= 11 is 0. The highest BCUT2D eigenvalue weighted by molar-refractivity contribution is 6.23. The van der Waals surface area contributed by atoms with Gasteiger partial charge in [0.25, 0.3) is 11.8 Å². The van der Waals surface area contributed by atoms with Crippen molar-refractivity contribution >= 4 is 23.6 Å². The number of benzene rings is 1. The molecule has 9 heteroatoms. The Morgan fingerprint density at radius 2 is 2.00 bits per heavy atom. The largest absolute Gasteiger partial charge is 0.371 e. The SMILES string of the molecule is O=C1CCC(N2C(=O)c3ccc(CNCC45CNC(CO4)C5)cc3C2=O)C(=O)N1. The minimum Gasteiger partial charge on any atom is -0.371 e. The Balaban J connectivity index is 1.28. The molecule has 5 rings (SSSR count). The van der Waals surface area contributed by atoms with Gasteiger partial charge in [0.1, 0.15) is 6.04 Å². The number of fused-ring (bicyclic) bond motifs is 3. The van der Waals surface area contributed by atoms with Crippen molar-refractivity contribution < 1.29 is 23.9 Å². The molecular weight excluding hydrogens is 376 g/mol. The number of nitrogens with zero attached hydrogens (tertiary/aromatic N) is 1. The van der Waals surface area contributed by atoms with Crippen LogP contribution in [-0.2, 0) is 20.9 Å². The van der Waals surface area contributed by atoms with Crippen molar-refractivity contribution in [3.63, 3.8) is 0 Å². The van der Waals surface area contributed by atoms with Gasteiger partial charge in [0.15, 0.2) is 0 Å². The van der Waals surface area contributed by atoms with E-state index < -0.39 is 23.8 Å². The minimum absolute atomic E-state index is 0.110. The van der Waals surface area contributed by atoms with Crippen molar-refractivity contribution in [3.05, 3.63) is 34.9 Å². The molecule has 4 aliphatic rings. The average Bonchev–Trinajstić information content (AvgIpc) is 3.36. The maximum atomic E-state index is 12.9. The predicted octanol–water partition coefficient (Wildman–Crippen LogP) is -0.692. The summed E-state index contributed by atoms with van der Waals surface area (Å²) in [5.74, 6) is -1.95. The molecule has 3 atom stereocenters. The van der Waals surface area contributed by atoms with Crippen LogP contribution in [-0.4, -0.2) is 65.9 Å². The number of piperidine rings is 1. The van der Waals surface area contributed by atoms with Crippen LogP contribution in [0.5, 0.6) is 0 Å². The summed E-state index contributed by atoms with van der Waals surface area (Å²) in [5.41, 5.74) is 1.32. The van der Waals surface area contributed by atoms with E-state index in [4.69, 9.17) is 4.74 Å². The van der Waals surface area contributed by atoms with Gasteiger partial charge in [-0.15, -0.1) is 0 Å². The van der Waals surface area contributed by atoms with E-state index in [0.29, 0.717) is 30.3 Å². The van der Waals surface area contributed by atoms with E-state index in [1.807, 2.05) is 6.07 Å². The van der Waals surface area contributed by atoms with Crippen LogP contribution in [0.15, 0.2) is 18.2 Å². The molecule has 4 heterocycles. The van der Waals surface area contributed by atoms with Gasteiger partial charge in [0.2, 0.25) is 11.8 Å². The molecule has 3 N–H and O–H groups in total. The number of rotatable bonds is 5. The van der Waals surface area contributed by atoms with E-state index in [9.17, 15) is 19.2 Å². The van der Waals surface area contributed by atoms with Crippen LogP contribution in [0.4, 0.5) is 0 Å². The van der Waals surface area contributed by atoms with Crippen LogP contribution < -0.4 is 16.0 Å². The smallest absolute Gasteiger partial charge is 0.262 e. The Bertz CT molecular complexity index is 921. The predicted molar refractivity (Wildman–Crippen MR) is 99.9 cm³/mol. The second-order valence-corrected chi connectivity index (χ2v) is 8.21. The molecule has 9 nitrogen and oxygen atoms in total. The van der Waals surface area contributed by atoms with Crippen LogP contribution in [0.1, 0.15) is 45.5 Å². The van der Waals surface area contributed by atoms with Gasteiger partial charge in [-0.05, 0) is 30.5 Å². The molecule has 3 unspecified atom stereocenters. The molecule has 0 aromatic heterocycles. The molecule has 3 saturated heterocycles. The summed E-state index contributed by atoms with van der Waals surface area (Å²) < 4.78 is 5.89. The van der Waals surface area contributed by atoms with Crippen molar-refractivity contribution in [1.82, 2.24) is 20.9 Å². The molecule has 4 amide bonds. The molecule has 0 saturated carbocycles. The number of morpholine rings is 1. The van der Waals surface area contributed by atoms with Gasteiger partial charge in [-0.25, -0.2) is 0 Å². The molecule has 1 aromatic rings. The molecule has 0 spiro atoms. The standard InChI is InChI=1S/C20H22N4O5/c25-16-4-3-15(17(26)23-16)24-18(27)13-2-1-11(5-14(13)19(24)28)7-21-9-20-6-12(8-29-20)22-10-20/h1-2,5,12,15,21-22H,3-4,6-10H2,(H,23,25,26). The molecule has 0 aliphatic carbocycles. The lowest BCUT2D eigenvalue weighted by atomic mass is 10.0. The number of carbonyl (C=O) groups excluding carboxylic acids is 4. The summed E-state index contributed by atoms with van der Waals surface area (Å²) in [6, 6.07) is 4.66. The first-order chi connectivity index (χ1) is 14.0. The van der Waals surface area contributed by atoms with E-state index in [1.165, 1.54) is 0 Å². The Hall–Kier alpha value is -2.62. The molecule has 152 valence electrons. The minimum atomic E-state index is -0.942. The van der Waals surface area contributed by atoms with Gasteiger partial charge in [-0.1, -0.05) is 6.07 Å². The van der Waals surface area contributed by atoms with E-state index in [1.54, 1.807) is 12.1 Å². The zero-order valence-electron chi connectivity index (χ0n) is 15.8. The third-order valence-electron chi connectivity index (χ3n) is 6.20. The molecule has 1 aromatic carbocycles. The Morgan fingerprint density at radius 3 is 2.69 bits per heavy atom. The Morgan fingerprint density at radius 1 is 1.17 bits per heavy atom. The molecule has 0 radical (unpaired) electrons. The molecule has 2 bridgehead atoms. The van der Waals surface area contributed by atoms with E-state index >= 15 is 0 Å². The van der Waals surface area contributed by atoms with Gasteiger partial charge < -0.3 is 15.4 Å². The zero-order chi connectivity index (χ0) is 20.2. The maximum absolute atomic E-state index is 12.9. The van der Waals surface area contributed by atoms with Gasteiger partial charge in [-0.3, -0.25) is 29.4 Å². The van der Waals surface area contributed by atoms with Gasteiger partial charge in [0, 0.05) is 32.1 Å². The first-order valence-corrected chi connectivity index (χ1v) is 9.88. The zero-order valence-corrected chi connectivity index (χ0v) is 15.8. The van der Waals surface area contributed by atoms with Crippen LogP contribution in [0.2, 0.25) is 0 Å². The van der Waals surface area contributed by atoms with Gasteiger partial charge in [-0.2, -0.15) is 0 Å². The van der Waals surface area contributed by atoms with Crippen LogP contribution in [0, 0.1) is 0 Å². The van der Waals surface area contributed by atoms with Crippen LogP contribution in [0.3, 0.4) is 0 Å². The lowest BCUT2D eigenvalue weighted by molar-refractivity contribution is -0.136. The summed E-state index contributed by atoms with van der Waals surface area (Å²) in [4.78, 5) is 50.1. The highest BCUT2D eigenvalue weighted by Gasteiger charge is 2.46. The highest BCUT2D eigenvalue weighted by Crippen LogP contribution is 2.31. The summed E-state index contributed by atoms with van der Waals surface area (Å²) in [6.07, 6.45) is 1.26. The summed E-state index contributed by atoms with van der Waals surface area (Å²) in [5, 5.41) is 9.02. The quantitative estimate of drug-likeness (QED) is 0.562. The highest BCUT2D eigenvalue weighted by atomic mass is 16.5. The number of carbonyl (C=O) groups is 4. The van der Waals surface area contributed by atoms with Crippen molar-refractivity contribution in [2.24, 2.45) is 0 Å². The number of nitrogens with one attached hydrogen (secondary N) is 3. The van der Waals surface area contributed by atoms with E-state index in [-0.39, 0.29) is 24.3 Å². The third-order valence-corrected chi connectivity index (χ3v) is 6.20. The van der Waals surface area contributed by atoms with Crippen LogP contribution in [0.25, 0.3) is 0 Å². The summed E-state index contributed by atoms with van der Waals surface area (Å²) in [6.45, 7) is 2.84. The number of hydrogen-bond acceptors (Lipinski definition) is 7. The normalized spacial score (nSPS) is 30.8.